The maximum absolute atomic E-state index is 13.2. The summed E-state index contributed by atoms with van der Waals surface area (Å²) in [6.07, 6.45) is 6.43. The predicted molar refractivity (Wildman–Crippen MR) is 102 cm³/mol. The molecule has 26 heavy (non-hydrogen) atoms. The Balaban J connectivity index is 1.41. The third-order valence-corrected chi connectivity index (χ3v) is 5.15. The number of aliphatic imine (C=N–C) groups is 1. The number of carbonyl (C=O) groups excluding carboxylic acids is 1. The van der Waals surface area contributed by atoms with E-state index < -0.39 is 0 Å². The summed E-state index contributed by atoms with van der Waals surface area (Å²) in [7, 11) is 1.70. The number of rotatable bonds is 5. The van der Waals surface area contributed by atoms with Gasteiger partial charge in [-0.1, -0.05) is 18.9 Å². The van der Waals surface area contributed by atoms with Gasteiger partial charge in [-0.05, 0) is 37.5 Å². The van der Waals surface area contributed by atoms with Gasteiger partial charge >= 0.3 is 0 Å². The lowest BCUT2D eigenvalue weighted by Crippen LogP contribution is -2.47. The van der Waals surface area contributed by atoms with Crippen LogP contribution in [0.15, 0.2) is 29.3 Å². The Morgan fingerprint density at radius 1 is 1.31 bits per heavy atom. The topological polar surface area (TPSA) is 68.8 Å². The van der Waals surface area contributed by atoms with Gasteiger partial charge in [0.25, 0.3) is 0 Å². The van der Waals surface area contributed by atoms with Crippen molar-refractivity contribution in [3.8, 4) is 0 Å². The molecule has 1 aliphatic carbocycles. The fraction of sp³-hybridized carbons (Fsp3) is 0.579. The summed E-state index contributed by atoms with van der Waals surface area (Å²) < 4.78 is 13.2. The van der Waals surface area contributed by atoms with Crippen molar-refractivity contribution in [1.82, 2.24) is 15.5 Å². The largest absolute Gasteiger partial charge is 0.352 e. The van der Waals surface area contributed by atoms with E-state index in [2.05, 4.69) is 25.8 Å². The van der Waals surface area contributed by atoms with Crippen molar-refractivity contribution in [1.29, 1.82) is 0 Å². The van der Waals surface area contributed by atoms with Crippen LogP contribution in [-0.4, -0.2) is 55.5 Å². The zero-order chi connectivity index (χ0) is 18.4. The third-order valence-electron chi connectivity index (χ3n) is 5.15. The number of nitrogens with zero attached hydrogens (tertiary/aromatic N) is 2. The van der Waals surface area contributed by atoms with Gasteiger partial charge in [-0.15, -0.1) is 0 Å². The number of guanidine groups is 1. The van der Waals surface area contributed by atoms with Crippen molar-refractivity contribution >= 4 is 17.6 Å². The second kappa shape index (κ2) is 8.98. The molecule has 1 aromatic rings. The summed E-state index contributed by atoms with van der Waals surface area (Å²) in [4.78, 5) is 18.8. The summed E-state index contributed by atoms with van der Waals surface area (Å²) >= 11 is 0. The lowest BCUT2D eigenvalue weighted by molar-refractivity contribution is -0.115. The number of anilines is 1. The van der Waals surface area contributed by atoms with Gasteiger partial charge in [0.2, 0.25) is 5.91 Å². The highest BCUT2D eigenvalue weighted by atomic mass is 19.1. The molecule has 142 valence electrons. The number of nitrogens with one attached hydrogen (secondary N) is 3. The van der Waals surface area contributed by atoms with Crippen LogP contribution in [0.3, 0.4) is 0 Å². The van der Waals surface area contributed by atoms with Crippen LogP contribution in [0, 0.1) is 5.82 Å². The number of benzene rings is 1. The SMILES string of the molecule is CN=C(NCC(=O)Nc1cccc(F)c1)NC1CCN(C2CCCC2)C1. The summed E-state index contributed by atoms with van der Waals surface area (Å²) in [6, 6.07) is 6.96. The van der Waals surface area contributed by atoms with Crippen molar-refractivity contribution in [2.45, 2.75) is 44.2 Å². The number of amides is 1. The Kier molecular flexibility index (Phi) is 6.44. The summed E-state index contributed by atoms with van der Waals surface area (Å²) in [5, 5.41) is 9.10. The van der Waals surface area contributed by atoms with Crippen LogP contribution in [0.4, 0.5) is 10.1 Å². The van der Waals surface area contributed by atoms with Gasteiger partial charge in [-0.2, -0.15) is 0 Å². The molecule has 1 heterocycles. The average molecular weight is 361 g/mol. The van der Waals surface area contributed by atoms with Gasteiger partial charge in [0.05, 0.1) is 6.54 Å². The van der Waals surface area contributed by atoms with Crippen LogP contribution in [0.2, 0.25) is 0 Å². The minimum Gasteiger partial charge on any atom is -0.352 e. The molecular formula is C19H28FN5O. The Hall–Kier alpha value is -2.15. The first-order chi connectivity index (χ1) is 12.6. The maximum Gasteiger partial charge on any atom is 0.243 e. The molecule has 3 N–H and O–H groups in total. The van der Waals surface area contributed by atoms with Crippen LogP contribution in [0.1, 0.15) is 32.1 Å². The Morgan fingerprint density at radius 3 is 2.85 bits per heavy atom. The van der Waals surface area contributed by atoms with Crippen molar-refractivity contribution in [2.75, 3.05) is 32.0 Å². The Morgan fingerprint density at radius 2 is 2.12 bits per heavy atom. The van der Waals surface area contributed by atoms with E-state index in [1.165, 1.54) is 37.8 Å². The average Bonchev–Trinajstić information content (AvgIpc) is 3.30. The molecule has 1 saturated carbocycles. The molecule has 0 aromatic heterocycles. The molecule has 6 nitrogen and oxygen atoms in total. The van der Waals surface area contributed by atoms with Crippen LogP contribution < -0.4 is 16.0 Å². The molecule has 0 bridgehead atoms. The molecule has 1 aliphatic heterocycles. The van der Waals surface area contributed by atoms with Crippen LogP contribution >= 0.6 is 0 Å². The monoisotopic (exact) mass is 361 g/mol. The first kappa shape index (κ1) is 18.6. The van der Waals surface area contributed by atoms with Gasteiger partial charge in [-0.25, -0.2) is 4.39 Å². The number of halogens is 1. The number of carbonyl (C=O) groups is 1. The number of hydrogen-bond donors (Lipinski definition) is 3. The molecule has 0 spiro atoms. The zero-order valence-electron chi connectivity index (χ0n) is 15.3. The molecule has 2 aliphatic rings. The lowest BCUT2D eigenvalue weighted by atomic mass is 10.2. The third kappa shape index (κ3) is 5.17. The molecule has 1 aromatic carbocycles. The summed E-state index contributed by atoms with van der Waals surface area (Å²) in [5.41, 5.74) is 0.447. The highest BCUT2D eigenvalue weighted by Gasteiger charge is 2.30. The van der Waals surface area contributed by atoms with E-state index in [1.807, 2.05) is 0 Å². The minimum atomic E-state index is -0.374. The Bertz CT molecular complexity index is 645. The fourth-order valence-corrected chi connectivity index (χ4v) is 3.83. The smallest absolute Gasteiger partial charge is 0.243 e. The van der Waals surface area contributed by atoms with E-state index in [-0.39, 0.29) is 18.3 Å². The second-order valence-corrected chi connectivity index (χ2v) is 7.05. The molecule has 1 atom stereocenters. The maximum atomic E-state index is 13.2. The van der Waals surface area contributed by atoms with Crippen LogP contribution in [-0.2, 0) is 4.79 Å². The standard InChI is InChI=1S/C19H28FN5O/c1-21-19(22-12-18(26)23-15-6-4-5-14(20)11-15)24-16-9-10-25(13-16)17-7-2-3-8-17/h4-6,11,16-17H,2-3,7-10,12-13H2,1H3,(H,23,26)(H2,21,22,24). The molecule has 1 saturated heterocycles. The normalized spacial score (nSPS) is 21.8. The predicted octanol–water partition coefficient (Wildman–Crippen LogP) is 1.95. The van der Waals surface area contributed by atoms with Crippen molar-refractivity contribution < 1.29 is 9.18 Å². The van der Waals surface area contributed by atoms with Gasteiger partial charge in [0.15, 0.2) is 5.96 Å². The first-order valence-corrected chi connectivity index (χ1v) is 9.40. The zero-order valence-corrected chi connectivity index (χ0v) is 15.3. The number of hydrogen-bond acceptors (Lipinski definition) is 3. The van der Waals surface area contributed by atoms with Crippen LogP contribution in [0.5, 0.6) is 0 Å². The van der Waals surface area contributed by atoms with Crippen molar-refractivity contribution in [3.63, 3.8) is 0 Å². The molecule has 3 rings (SSSR count). The van der Waals surface area contributed by atoms with E-state index in [9.17, 15) is 9.18 Å². The molecule has 2 fully saturated rings. The quantitative estimate of drug-likeness (QED) is 0.554. The first-order valence-electron chi connectivity index (χ1n) is 9.40. The van der Waals surface area contributed by atoms with Crippen molar-refractivity contribution in [2.24, 2.45) is 4.99 Å². The van der Waals surface area contributed by atoms with Crippen LogP contribution in [0.25, 0.3) is 0 Å². The van der Waals surface area contributed by atoms with E-state index >= 15 is 0 Å². The van der Waals surface area contributed by atoms with Crippen molar-refractivity contribution in [3.05, 3.63) is 30.1 Å². The molecular weight excluding hydrogens is 333 g/mol. The molecule has 0 radical (unpaired) electrons. The minimum absolute atomic E-state index is 0.0786. The summed E-state index contributed by atoms with van der Waals surface area (Å²) in [5.74, 6) is 0.0107. The van der Waals surface area contributed by atoms with E-state index in [1.54, 1.807) is 19.2 Å². The van der Waals surface area contributed by atoms with E-state index in [0.717, 1.165) is 25.6 Å². The number of likely N-dealkylation sites (tertiary alicyclic amines) is 1. The molecule has 1 unspecified atom stereocenters. The van der Waals surface area contributed by atoms with Gasteiger partial charge < -0.3 is 16.0 Å². The van der Waals surface area contributed by atoms with E-state index in [4.69, 9.17) is 0 Å². The lowest BCUT2D eigenvalue weighted by Gasteiger charge is -2.24. The fourth-order valence-electron chi connectivity index (χ4n) is 3.83. The molecule has 1 amide bonds. The van der Waals surface area contributed by atoms with Gasteiger partial charge in [0.1, 0.15) is 5.82 Å². The Labute approximate surface area is 154 Å². The highest BCUT2D eigenvalue weighted by Crippen LogP contribution is 2.26. The molecule has 7 heteroatoms. The highest BCUT2D eigenvalue weighted by molar-refractivity contribution is 5.95. The summed E-state index contributed by atoms with van der Waals surface area (Å²) in [6.45, 7) is 2.23. The van der Waals surface area contributed by atoms with Gasteiger partial charge in [0, 0.05) is 37.9 Å². The van der Waals surface area contributed by atoms with Gasteiger partial charge in [-0.3, -0.25) is 14.7 Å². The van der Waals surface area contributed by atoms with E-state index in [0.29, 0.717) is 17.7 Å². The second-order valence-electron chi connectivity index (χ2n) is 7.05.